The van der Waals surface area contributed by atoms with Crippen molar-refractivity contribution >= 4 is 5.69 Å². The molecule has 0 amide bonds. The van der Waals surface area contributed by atoms with Crippen LogP contribution in [-0.4, -0.2) is 19.3 Å². The molecule has 0 saturated carbocycles. The van der Waals surface area contributed by atoms with E-state index in [4.69, 9.17) is 15.2 Å². The number of nitrogen functional groups attached to an aromatic ring is 1. The molecule has 2 N–H and O–H groups in total. The van der Waals surface area contributed by atoms with E-state index in [1.165, 1.54) is 6.42 Å². The highest BCUT2D eigenvalue weighted by atomic mass is 19.1. The quantitative estimate of drug-likeness (QED) is 0.821. The first-order chi connectivity index (χ1) is 8.27. The first-order valence-electron chi connectivity index (χ1n) is 5.99. The van der Waals surface area contributed by atoms with Gasteiger partial charge in [0.1, 0.15) is 0 Å². The second kappa shape index (κ2) is 5.98. The number of halogens is 1. The zero-order valence-electron chi connectivity index (χ0n) is 9.82. The normalized spacial score (nSPS) is 20.4. The molecule has 1 atom stereocenters. The Morgan fingerprint density at radius 1 is 1.41 bits per heavy atom. The molecule has 94 valence electrons. The van der Waals surface area contributed by atoms with Gasteiger partial charge in [-0.3, -0.25) is 0 Å². The Balaban J connectivity index is 1.79. The van der Waals surface area contributed by atoms with Crippen LogP contribution in [0.25, 0.3) is 0 Å². The molecule has 0 aliphatic carbocycles. The van der Waals surface area contributed by atoms with Gasteiger partial charge < -0.3 is 15.2 Å². The summed E-state index contributed by atoms with van der Waals surface area (Å²) in [7, 11) is 0. The van der Waals surface area contributed by atoms with Crippen molar-refractivity contribution in [1.29, 1.82) is 0 Å². The maximum atomic E-state index is 13.5. The van der Waals surface area contributed by atoms with Gasteiger partial charge in [-0.15, -0.1) is 0 Å². The number of benzene rings is 1. The van der Waals surface area contributed by atoms with Gasteiger partial charge in [-0.2, -0.15) is 0 Å². The second-order valence-electron chi connectivity index (χ2n) is 4.32. The Bertz CT molecular complexity index is 364. The van der Waals surface area contributed by atoms with E-state index >= 15 is 0 Å². The van der Waals surface area contributed by atoms with Crippen LogP contribution in [0.15, 0.2) is 18.2 Å². The minimum atomic E-state index is -0.378. The number of hydrogen-bond donors (Lipinski definition) is 1. The molecule has 0 radical (unpaired) electrons. The average Bonchev–Trinajstić information content (AvgIpc) is 2.36. The summed E-state index contributed by atoms with van der Waals surface area (Å²) in [6, 6.07) is 4.96. The van der Waals surface area contributed by atoms with Gasteiger partial charge in [-0.25, -0.2) is 4.39 Å². The maximum absolute atomic E-state index is 13.5. The van der Waals surface area contributed by atoms with Gasteiger partial charge in [0.25, 0.3) is 0 Å². The van der Waals surface area contributed by atoms with E-state index in [0.29, 0.717) is 12.2 Å². The van der Waals surface area contributed by atoms with Crippen LogP contribution < -0.4 is 5.73 Å². The minimum absolute atomic E-state index is 0.160. The fourth-order valence-corrected chi connectivity index (χ4v) is 1.95. The number of rotatable bonds is 4. The fraction of sp³-hybridized carbons (Fsp3) is 0.538. The molecule has 1 aliphatic heterocycles. The monoisotopic (exact) mass is 239 g/mol. The average molecular weight is 239 g/mol. The summed E-state index contributed by atoms with van der Waals surface area (Å²) in [5.74, 6) is -0.378. The van der Waals surface area contributed by atoms with Crippen molar-refractivity contribution in [2.24, 2.45) is 0 Å². The third-order valence-corrected chi connectivity index (χ3v) is 2.94. The van der Waals surface area contributed by atoms with Crippen LogP contribution in [0, 0.1) is 5.82 Å². The molecular formula is C13H18FNO2. The Morgan fingerprint density at radius 2 is 2.29 bits per heavy atom. The predicted molar refractivity (Wildman–Crippen MR) is 64.1 cm³/mol. The molecule has 1 aromatic carbocycles. The van der Waals surface area contributed by atoms with Crippen LogP contribution >= 0.6 is 0 Å². The maximum Gasteiger partial charge on any atom is 0.151 e. The Morgan fingerprint density at radius 3 is 3.06 bits per heavy atom. The standard InChI is InChI=1S/C13H18FNO2/c14-13-10(4-3-6-12(13)15)8-16-9-11-5-1-2-7-17-11/h3-4,6,11H,1-2,5,7-9,15H2. The topological polar surface area (TPSA) is 44.5 Å². The highest BCUT2D eigenvalue weighted by Crippen LogP contribution is 2.17. The number of nitrogens with two attached hydrogens (primary N) is 1. The SMILES string of the molecule is Nc1cccc(COCC2CCCCO2)c1F. The van der Waals surface area contributed by atoms with Crippen molar-refractivity contribution in [3.8, 4) is 0 Å². The van der Waals surface area contributed by atoms with Crippen LogP contribution in [0.4, 0.5) is 10.1 Å². The van der Waals surface area contributed by atoms with Crippen molar-refractivity contribution in [2.45, 2.75) is 32.0 Å². The van der Waals surface area contributed by atoms with E-state index in [-0.39, 0.29) is 24.2 Å². The van der Waals surface area contributed by atoms with Gasteiger partial charge in [0, 0.05) is 12.2 Å². The zero-order valence-corrected chi connectivity index (χ0v) is 9.82. The molecule has 1 aliphatic rings. The molecule has 0 bridgehead atoms. The third-order valence-electron chi connectivity index (χ3n) is 2.94. The lowest BCUT2D eigenvalue weighted by Crippen LogP contribution is -2.24. The summed E-state index contributed by atoms with van der Waals surface area (Å²) in [4.78, 5) is 0. The van der Waals surface area contributed by atoms with E-state index in [0.717, 1.165) is 19.4 Å². The fourth-order valence-electron chi connectivity index (χ4n) is 1.95. The summed E-state index contributed by atoms with van der Waals surface area (Å²) in [5, 5.41) is 0. The zero-order chi connectivity index (χ0) is 12.1. The lowest BCUT2D eigenvalue weighted by atomic mass is 10.1. The molecule has 17 heavy (non-hydrogen) atoms. The molecule has 0 spiro atoms. The third kappa shape index (κ3) is 3.41. The molecule has 1 heterocycles. The van der Waals surface area contributed by atoms with E-state index < -0.39 is 0 Å². The Kier molecular flexibility index (Phi) is 4.34. The largest absolute Gasteiger partial charge is 0.396 e. The molecule has 4 heteroatoms. The number of ether oxygens (including phenoxy) is 2. The van der Waals surface area contributed by atoms with Gasteiger partial charge >= 0.3 is 0 Å². The van der Waals surface area contributed by atoms with Gasteiger partial charge in [0.2, 0.25) is 0 Å². The van der Waals surface area contributed by atoms with Crippen LogP contribution in [-0.2, 0) is 16.1 Å². The van der Waals surface area contributed by atoms with Crippen molar-refractivity contribution in [1.82, 2.24) is 0 Å². The van der Waals surface area contributed by atoms with E-state index in [9.17, 15) is 4.39 Å². The van der Waals surface area contributed by atoms with Crippen molar-refractivity contribution in [2.75, 3.05) is 18.9 Å². The Labute approximate surface area is 101 Å². The molecule has 1 fully saturated rings. The summed E-state index contributed by atoms with van der Waals surface area (Å²) in [5.41, 5.74) is 6.15. The molecular weight excluding hydrogens is 221 g/mol. The van der Waals surface area contributed by atoms with Gasteiger partial charge in [0.15, 0.2) is 5.82 Å². The van der Waals surface area contributed by atoms with E-state index in [1.54, 1.807) is 18.2 Å². The summed E-state index contributed by atoms with van der Waals surface area (Å²) in [6.45, 7) is 1.58. The highest BCUT2D eigenvalue weighted by Gasteiger charge is 2.14. The highest BCUT2D eigenvalue weighted by molar-refractivity contribution is 5.42. The first-order valence-corrected chi connectivity index (χ1v) is 5.99. The summed E-state index contributed by atoms with van der Waals surface area (Å²) in [6.07, 6.45) is 3.49. The lowest BCUT2D eigenvalue weighted by Gasteiger charge is -2.22. The minimum Gasteiger partial charge on any atom is -0.396 e. The van der Waals surface area contributed by atoms with Crippen LogP contribution in [0.2, 0.25) is 0 Å². The summed E-state index contributed by atoms with van der Waals surface area (Å²) >= 11 is 0. The van der Waals surface area contributed by atoms with Gasteiger partial charge in [0.05, 0.1) is 25.0 Å². The van der Waals surface area contributed by atoms with E-state index in [1.807, 2.05) is 0 Å². The number of hydrogen-bond acceptors (Lipinski definition) is 3. The molecule has 1 saturated heterocycles. The molecule has 0 aromatic heterocycles. The first kappa shape index (κ1) is 12.3. The number of anilines is 1. The van der Waals surface area contributed by atoms with Crippen molar-refractivity contribution < 1.29 is 13.9 Å². The van der Waals surface area contributed by atoms with Crippen molar-refractivity contribution in [3.05, 3.63) is 29.6 Å². The smallest absolute Gasteiger partial charge is 0.151 e. The second-order valence-corrected chi connectivity index (χ2v) is 4.32. The molecule has 3 nitrogen and oxygen atoms in total. The predicted octanol–water partition coefficient (Wildman–Crippen LogP) is 2.49. The summed E-state index contributed by atoms with van der Waals surface area (Å²) < 4.78 is 24.5. The van der Waals surface area contributed by atoms with Gasteiger partial charge in [-0.1, -0.05) is 12.1 Å². The van der Waals surface area contributed by atoms with Crippen LogP contribution in [0.3, 0.4) is 0 Å². The molecule has 2 rings (SSSR count). The Hall–Kier alpha value is -1.13. The molecule has 1 aromatic rings. The van der Waals surface area contributed by atoms with Gasteiger partial charge in [-0.05, 0) is 25.3 Å². The molecule has 1 unspecified atom stereocenters. The van der Waals surface area contributed by atoms with Crippen LogP contribution in [0.1, 0.15) is 24.8 Å². The van der Waals surface area contributed by atoms with Crippen LogP contribution in [0.5, 0.6) is 0 Å². The lowest BCUT2D eigenvalue weighted by molar-refractivity contribution is -0.0451. The van der Waals surface area contributed by atoms with E-state index in [2.05, 4.69) is 0 Å². The van der Waals surface area contributed by atoms with Crippen molar-refractivity contribution in [3.63, 3.8) is 0 Å².